The lowest BCUT2D eigenvalue weighted by molar-refractivity contribution is -0.124. The van der Waals surface area contributed by atoms with Crippen LogP contribution in [0.2, 0.25) is 0 Å². The average molecular weight is 337 g/mol. The van der Waals surface area contributed by atoms with E-state index in [9.17, 15) is 9.59 Å². The fraction of sp³-hybridized carbons (Fsp3) is 0.333. The van der Waals surface area contributed by atoms with Crippen molar-refractivity contribution >= 4 is 11.9 Å². The first-order valence-corrected chi connectivity index (χ1v) is 8.77. The van der Waals surface area contributed by atoms with Crippen molar-refractivity contribution in [1.82, 2.24) is 5.32 Å². The van der Waals surface area contributed by atoms with E-state index < -0.39 is 5.97 Å². The molecular formula is C21H23NO3. The number of fused-ring (bicyclic) bond motifs is 1. The van der Waals surface area contributed by atoms with E-state index in [1.807, 2.05) is 13.0 Å². The number of carbonyl (C=O) groups excluding carboxylic acids is 2. The van der Waals surface area contributed by atoms with Gasteiger partial charge in [0, 0.05) is 0 Å². The molecule has 0 aliphatic heterocycles. The maximum atomic E-state index is 12.1. The first-order chi connectivity index (χ1) is 12.1. The number of rotatable bonds is 5. The number of benzene rings is 2. The summed E-state index contributed by atoms with van der Waals surface area (Å²) in [6.07, 6.45) is 4.74. The standard InChI is InChI=1S/C21H23NO3/c1-15(18-12-11-16-7-5-6-10-19(16)13-18)22-20(23)14-25-21(24)17-8-3-2-4-9-17/h2-4,8-9,11-13,15H,5-7,10,14H2,1H3,(H,22,23)/t15-/m1/s1. The summed E-state index contributed by atoms with van der Waals surface area (Å²) in [5.74, 6) is -0.785. The van der Waals surface area contributed by atoms with Crippen LogP contribution in [0.25, 0.3) is 0 Å². The number of ether oxygens (including phenoxy) is 1. The molecule has 4 nitrogen and oxygen atoms in total. The molecule has 2 aromatic rings. The minimum Gasteiger partial charge on any atom is -0.452 e. The quantitative estimate of drug-likeness (QED) is 0.848. The molecule has 3 rings (SSSR count). The van der Waals surface area contributed by atoms with Gasteiger partial charge in [0.2, 0.25) is 0 Å². The Labute approximate surface area is 148 Å². The van der Waals surface area contributed by atoms with Crippen LogP contribution in [-0.4, -0.2) is 18.5 Å². The van der Waals surface area contributed by atoms with Crippen molar-refractivity contribution in [3.05, 3.63) is 70.8 Å². The molecule has 1 atom stereocenters. The van der Waals surface area contributed by atoms with Crippen molar-refractivity contribution < 1.29 is 14.3 Å². The molecule has 4 heteroatoms. The Hall–Kier alpha value is -2.62. The smallest absolute Gasteiger partial charge is 0.338 e. The molecule has 1 amide bonds. The van der Waals surface area contributed by atoms with E-state index in [0.717, 1.165) is 18.4 Å². The predicted molar refractivity (Wildman–Crippen MR) is 96.4 cm³/mol. The molecule has 25 heavy (non-hydrogen) atoms. The van der Waals surface area contributed by atoms with Gasteiger partial charge in [0.15, 0.2) is 6.61 Å². The normalized spacial score (nSPS) is 14.3. The van der Waals surface area contributed by atoms with Crippen molar-refractivity contribution in [2.45, 2.75) is 38.6 Å². The number of aryl methyl sites for hydroxylation is 2. The van der Waals surface area contributed by atoms with Gasteiger partial charge in [-0.2, -0.15) is 0 Å². The molecule has 130 valence electrons. The summed E-state index contributed by atoms with van der Waals surface area (Å²) in [5.41, 5.74) is 4.34. The minimum absolute atomic E-state index is 0.116. The Morgan fingerprint density at radius 3 is 2.52 bits per heavy atom. The zero-order valence-corrected chi connectivity index (χ0v) is 14.5. The third kappa shape index (κ3) is 4.47. The number of carbonyl (C=O) groups is 2. The largest absolute Gasteiger partial charge is 0.452 e. The molecule has 1 N–H and O–H groups in total. The number of nitrogens with one attached hydrogen (secondary N) is 1. The van der Waals surface area contributed by atoms with E-state index >= 15 is 0 Å². The van der Waals surface area contributed by atoms with Crippen molar-refractivity contribution in [3.8, 4) is 0 Å². The van der Waals surface area contributed by atoms with E-state index in [1.54, 1.807) is 24.3 Å². The van der Waals surface area contributed by atoms with Crippen molar-refractivity contribution in [1.29, 1.82) is 0 Å². The van der Waals surface area contributed by atoms with Gasteiger partial charge < -0.3 is 10.1 Å². The lowest BCUT2D eigenvalue weighted by Crippen LogP contribution is -2.31. The second-order valence-corrected chi connectivity index (χ2v) is 6.47. The van der Waals surface area contributed by atoms with Crippen LogP contribution in [0.3, 0.4) is 0 Å². The third-order valence-corrected chi connectivity index (χ3v) is 4.59. The van der Waals surface area contributed by atoms with Gasteiger partial charge in [0.25, 0.3) is 5.91 Å². The Bertz CT molecular complexity index is 755. The summed E-state index contributed by atoms with van der Waals surface area (Å²) >= 11 is 0. The molecule has 0 fully saturated rings. The summed E-state index contributed by atoms with van der Waals surface area (Å²) in [7, 11) is 0. The molecule has 2 aromatic carbocycles. The lowest BCUT2D eigenvalue weighted by atomic mass is 9.89. The van der Waals surface area contributed by atoms with Crippen molar-refractivity contribution in [2.75, 3.05) is 6.61 Å². The fourth-order valence-corrected chi connectivity index (χ4v) is 3.18. The van der Waals surface area contributed by atoms with Gasteiger partial charge in [-0.3, -0.25) is 4.79 Å². The zero-order chi connectivity index (χ0) is 17.6. The van der Waals surface area contributed by atoms with Gasteiger partial charge in [0.05, 0.1) is 11.6 Å². The number of esters is 1. The van der Waals surface area contributed by atoms with E-state index in [2.05, 4.69) is 23.5 Å². The maximum absolute atomic E-state index is 12.1. The Morgan fingerprint density at radius 1 is 1.04 bits per heavy atom. The predicted octanol–water partition coefficient (Wildman–Crippen LogP) is 3.60. The highest BCUT2D eigenvalue weighted by atomic mass is 16.5. The van der Waals surface area contributed by atoms with Gasteiger partial charge in [-0.25, -0.2) is 4.79 Å². The molecular weight excluding hydrogens is 314 g/mol. The maximum Gasteiger partial charge on any atom is 0.338 e. The molecule has 0 bridgehead atoms. The molecule has 0 radical (unpaired) electrons. The molecule has 1 aliphatic rings. The first kappa shape index (κ1) is 17.2. The highest BCUT2D eigenvalue weighted by molar-refractivity contribution is 5.91. The molecule has 0 saturated carbocycles. The Balaban J connectivity index is 1.53. The van der Waals surface area contributed by atoms with E-state index in [1.165, 1.54) is 24.0 Å². The van der Waals surface area contributed by atoms with Gasteiger partial charge in [-0.05, 0) is 61.4 Å². The molecule has 0 aromatic heterocycles. The van der Waals surface area contributed by atoms with Gasteiger partial charge in [-0.1, -0.05) is 36.4 Å². The van der Waals surface area contributed by atoms with Crippen LogP contribution in [0.4, 0.5) is 0 Å². The summed E-state index contributed by atoms with van der Waals surface area (Å²) in [5, 5.41) is 2.89. The summed E-state index contributed by atoms with van der Waals surface area (Å²) in [6.45, 7) is 1.67. The number of hydrogen-bond acceptors (Lipinski definition) is 3. The van der Waals surface area contributed by atoms with E-state index in [-0.39, 0.29) is 18.6 Å². The van der Waals surface area contributed by atoms with Crippen LogP contribution < -0.4 is 5.32 Å². The second kappa shape index (κ2) is 7.97. The first-order valence-electron chi connectivity index (χ1n) is 8.77. The van der Waals surface area contributed by atoms with Crippen LogP contribution in [0, 0.1) is 0 Å². The van der Waals surface area contributed by atoms with Crippen LogP contribution in [-0.2, 0) is 22.4 Å². The fourth-order valence-electron chi connectivity index (χ4n) is 3.18. The molecule has 0 saturated heterocycles. The lowest BCUT2D eigenvalue weighted by Gasteiger charge is -2.20. The molecule has 0 heterocycles. The van der Waals surface area contributed by atoms with Crippen LogP contribution in [0.15, 0.2) is 48.5 Å². The van der Waals surface area contributed by atoms with E-state index in [0.29, 0.717) is 5.56 Å². The second-order valence-electron chi connectivity index (χ2n) is 6.47. The monoisotopic (exact) mass is 337 g/mol. The topological polar surface area (TPSA) is 55.4 Å². The van der Waals surface area contributed by atoms with Gasteiger partial charge in [-0.15, -0.1) is 0 Å². The van der Waals surface area contributed by atoms with Gasteiger partial charge in [0.1, 0.15) is 0 Å². The van der Waals surface area contributed by atoms with Crippen LogP contribution >= 0.6 is 0 Å². The van der Waals surface area contributed by atoms with Crippen molar-refractivity contribution in [2.24, 2.45) is 0 Å². The number of amides is 1. The van der Waals surface area contributed by atoms with E-state index in [4.69, 9.17) is 4.74 Å². The Kier molecular flexibility index (Phi) is 5.49. The summed E-state index contributed by atoms with van der Waals surface area (Å²) in [4.78, 5) is 23.9. The molecule has 1 aliphatic carbocycles. The SMILES string of the molecule is C[C@@H](NC(=O)COC(=O)c1ccccc1)c1ccc2c(c1)CCCC2. The van der Waals surface area contributed by atoms with Gasteiger partial charge >= 0.3 is 5.97 Å². The molecule has 0 spiro atoms. The summed E-state index contributed by atoms with van der Waals surface area (Å²) in [6, 6.07) is 15.0. The van der Waals surface area contributed by atoms with Crippen molar-refractivity contribution in [3.63, 3.8) is 0 Å². The Morgan fingerprint density at radius 2 is 1.76 bits per heavy atom. The highest BCUT2D eigenvalue weighted by Gasteiger charge is 2.15. The zero-order valence-electron chi connectivity index (χ0n) is 14.5. The van der Waals surface area contributed by atoms with Crippen LogP contribution in [0.5, 0.6) is 0 Å². The molecule has 0 unspecified atom stereocenters. The number of hydrogen-bond donors (Lipinski definition) is 1. The third-order valence-electron chi connectivity index (χ3n) is 4.59. The highest BCUT2D eigenvalue weighted by Crippen LogP contribution is 2.24. The summed E-state index contributed by atoms with van der Waals surface area (Å²) < 4.78 is 5.07. The van der Waals surface area contributed by atoms with Crippen LogP contribution in [0.1, 0.15) is 52.9 Å². The minimum atomic E-state index is -0.489. The average Bonchev–Trinajstić information content (AvgIpc) is 2.66.